The molecule has 1 heterocycles. The average molecular weight is 258 g/mol. The molecule has 0 saturated heterocycles. The normalized spacial score (nSPS) is 10.8. The van der Waals surface area contributed by atoms with E-state index in [9.17, 15) is 4.39 Å². The Labute approximate surface area is 108 Å². The van der Waals surface area contributed by atoms with Crippen molar-refractivity contribution in [1.29, 1.82) is 0 Å². The number of fused-ring (bicyclic) bond motifs is 1. The summed E-state index contributed by atoms with van der Waals surface area (Å²) < 4.78 is 24.4. The third-order valence-corrected chi connectivity index (χ3v) is 2.82. The monoisotopic (exact) mass is 258 g/mol. The van der Waals surface area contributed by atoms with E-state index in [4.69, 9.17) is 14.9 Å². The van der Waals surface area contributed by atoms with Gasteiger partial charge in [-0.1, -0.05) is 0 Å². The summed E-state index contributed by atoms with van der Waals surface area (Å²) in [4.78, 5) is 4.25. The molecule has 19 heavy (non-hydrogen) atoms. The fourth-order valence-electron chi connectivity index (χ4n) is 1.85. The molecule has 0 aliphatic carbocycles. The maximum atomic E-state index is 13.8. The van der Waals surface area contributed by atoms with E-state index in [0.29, 0.717) is 22.5 Å². The molecular weight excluding hydrogens is 247 g/mol. The number of halogens is 1. The van der Waals surface area contributed by atoms with Gasteiger partial charge in [-0.3, -0.25) is 0 Å². The number of nitrogens with two attached hydrogens (primary N) is 1. The molecule has 0 atom stereocenters. The molecule has 4 nitrogen and oxygen atoms in total. The number of anilines is 1. The highest BCUT2D eigenvalue weighted by atomic mass is 19.1. The van der Waals surface area contributed by atoms with Crippen LogP contribution >= 0.6 is 0 Å². The van der Waals surface area contributed by atoms with Crippen molar-refractivity contribution in [2.75, 3.05) is 12.8 Å². The lowest BCUT2D eigenvalue weighted by Gasteiger charge is -1.98. The van der Waals surface area contributed by atoms with Gasteiger partial charge in [0, 0.05) is 11.8 Å². The van der Waals surface area contributed by atoms with Gasteiger partial charge in [0.05, 0.1) is 12.7 Å². The second-order valence-corrected chi connectivity index (χ2v) is 4.09. The zero-order chi connectivity index (χ0) is 13.4. The Morgan fingerprint density at radius 3 is 2.79 bits per heavy atom. The molecule has 0 spiro atoms. The van der Waals surface area contributed by atoms with Gasteiger partial charge in [-0.05, 0) is 30.3 Å². The zero-order valence-corrected chi connectivity index (χ0v) is 10.2. The third-order valence-electron chi connectivity index (χ3n) is 2.82. The van der Waals surface area contributed by atoms with Crippen LogP contribution in [0, 0.1) is 5.82 Å². The lowest BCUT2D eigenvalue weighted by molar-refractivity contribution is 0.415. The highest BCUT2D eigenvalue weighted by Crippen LogP contribution is 2.29. The highest BCUT2D eigenvalue weighted by Gasteiger charge is 2.13. The summed E-state index contributed by atoms with van der Waals surface area (Å²) in [6, 6.07) is 9.62. The van der Waals surface area contributed by atoms with E-state index in [0.717, 1.165) is 0 Å². The first-order valence-electron chi connectivity index (χ1n) is 5.67. The van der Waals surface area contributed by atoms with Crippen LogP contribution in [0.2, 0.25) is 0 Å². The number of hydrogen-bond donors (Lipinski definition) is 1. The quantitative estimate of drug-likeness (QED) is 0.717. The second-order valence-electron chi connectivity index (χ2n) is 4.09. The fourth-order valence-corrected chi connectivity index (χ4v) is 1.85. The smallest absolute Gasteiger partial charge is 0.230 e. The van der Waals surface area contributed by atoms with Crippen LogP contribution in [0.15, 0.2) is 40.8 Å². The Hall–Kier alpha value is -2.56. The predicted octanol–water partition coefficient (Wildman–Crippen LogP) is 3.22. The number of ether oxygens (including phenoxy) is 1. The largest absolute Gasteiger partial charge is 0.497 e. The van der Waals surface area contributed by atoms with Crippen LogP contribution in [0.25, 0.3) is 22.6 Å². The summed E-state index contributed by atoms with van der Waals surface area (Å²) in [6.45, 7) is 0. The minimum absolute atomic E-state index is 0.223. The molecule has 0 fully saturated rings. The summed E-state index contributed by atoms with van der Waals surface area (Å²) in [5.41, 5.74) is 7.35. The molecule has 1 aromatic heterocycles. The Balaban J connectivity index is 2.14. The second kappa shape index (κ2) is 4.28. The number of rotatable bonds is 2. The van der Waals surface area contributed by atoms with Crippen molar-refractivity contribution in [3.05, 3.63) is 42.2 Å². The highest BCUT2D eigenvalue weighted by molar-refractivity contribution is 5.78. The Kier molecular flexibility index (Phi) is 2.59. The first kappa shape index (κ1) is 11.5. The maximum Gasteiger partial charge on any atom is 0.230 e. The van der Waals surface area contributed by atoms with Gasteiger partial charge in [-0.25, -0.2) is 9.37 Å². The van der Waals surface area contributed by atoms with Crippen molar-refractivity contribution in [2.45, 2.75) is 0 Å². The number of methoxy groups -OCH3 is 1. The SMILES string of the molecule is COc1ccc2oc(-c3ccc(N)cc3F)nc2c1. The first-order chi connectivity index (χ1) is 9.17. The van der Waals surface area contributed by atoms with Gasteiger partial charge >= 0.3 is 0 Å². The van der Waals surface area contributed by atoms with Crippen LogP contribution in [0.5, 0.6) is 5.75 Å². The Morgan fingerprint density at radius 2 is 2.05 bits per heavy atom. The Bertz CT molecular complexity index is 752. The van der Waals surface area contributed by atoms with Gasteiger partial charge in [-0.15, -0.1) is 0 Å². The molecule has 0 amide bonds. The summed E-state index contributed by atoms with van der Waals surface area (Å²) in [6.07, 6.45) is 0. The number of nitrogen functional groups attached to an aromatic ring is 1. The average Bonchev–Trinajstić information content (AvgIpc) is 2.80. The van der Waals surface area contributed by atoms with Crippen LogP contribution in [0.3, 0.4) is 0 Å². The van der Waals surface area contributed by atoms with E-state index < -0.39 is 5.82 Å². The van der Waals surface area contributed by atoms with Crippen LogP contribution < -0.4 is 10.5 Å². The molecule has 0 radical (unpaired) electrons. The Morgan fingerprint density at radius 1 is 1.21 bits per heavy atom. The molecule has 3 rings (SSSR count). The number of aromatic nitrogens is 1. The summed E-state index contributed by atoms with van der Waals surface area (Å²) in [5.74, 6) is 0.435. The van der Waals surface area contributed by atoms with E-state index in [1.807, 2.05) is 0 Å². The molecule has 0 unspecified atom stereocenters. The van der Waals surface area contributed by atoms with Crippen molar-refractivity contribution in [1.82, 2.24) is 4.98 Å². The van der Waals surface area contributed by atoms with E-state index in [-0.39, 0.29) is 11.5 Å². The van der Waals surface area contributed by atoms with Gasteiger partial charge < -0.3 is 14.9 Å². The van der Waals surface area contributed by atoms with Crippen molar-refractivity contribution >= 4 is 16.8 Å². The summed E-state index contributed by atoms with van der Waals surface area (Å²) in [7, 11) is 1.57. The number of oxazole rings is 1. The molecule has 96 valence electrons. The van der Waals surface area contributed by atoms with Gasteiger partial charge in [-0.2, -0.15) is 0 Å². The molecule has 0 bridgehead atoms. The molecular formula is C14H11FN2O2. The van der Waals surface area contributed by atoms with Gasteiger partial charge in [0.25, 0.3) is 0 Å². The van der Waals surface area contributed by atoms with Crippen molar-refractivity contribution in [3.63, 3.8) is 0 Å². The zero-order valence-electron chi connectivity index (χ0n) is 10.2. The van der Waals surface area contributed by atoms with Crippen molar-refractivity contribution in [2.24, 2.45) is 0 Å². The molecule has 3 aromatic rings. The first-order valence-corrected chi connectivity index (χ1v) is 5.67. The molecule has 0 saturated carbocycles. The fraction of sp³-hybridized carbons (Fsp3) is 0.0714. The van der Waals surface area contributed by atoms with Gasteiger partial charge in [0.15, 0.2) is 5.58 Å². The molecule has 5 heteroatoms. The van der Waals surface area contributed by atoms with Crippen LogP contribution in [-0.2, 0) is 0 Å². The molecule has 0 aliphatic heterocycles. The van der Waals surface area contributed by atoms with Crippen LogP contribution in [0.1, 0.15) is 0 Å². The van der Waals surface area contributed by atoms with E-state index in [1.54, 1.807) is 37.4 Å². The number of benzene rings is 2. The van der Waals surface area contributed by atoms with Crippen molar-refractivity contribution in [3.8, 4) is 17.2 Å². The summed E-state index contributed by atoms with van der Waals surface area (Å²) >= 11 is 0. The predicted molar refractivity (Wildman–Crippen MR) is 70.4 cm³/mol. The van der Waals surface area contributed by atoms with E-state index in [1.165, 1.54) is 6.07 Å². The number of nitrogens with zero attached hydrogens (tertiary/aromatic N) is 1. The lowest BCUT2D eigenvalue weighted by Crippen LogP contribution is -1.89. The van der Waals surface area contributed by atoms with Gasteiger partial charge in [0.1, 0.15) is 17.1 Å². The van der Waals surface area contributed by atoms with E-state index >= 15 is 0 Å². The standard InChI is InChI=1S/C14H11FN2O2/c1-18-9-3-5-13-12(7-9)17-14(19-13)10-4-2-8(16)6-11(10)15/h2-7H,16H2,1H3. The maximum absolute atomic E-state index is 13.8. The van der Waals surface area contributed by atoms with Crippen LogP contribution in [0.4, 0.5) is 10.1 Å². The third kappa shape index (κ3) is 1.99. The van der Waals surface area contributed by atoms with Gasteiger partial charge in [0.2, 0.25) is 5.89 Å². The molecule has 0 aliphatic rings. The topological polar surface area (TPSA) is 61.3 Å². The number of hydrogen-bond acceptors (Lipinski definition) is 4. The molecule has 2 N–H and O–H groups in total. The van der Waals surface area contributed by atoms with E-state index in [2.05, 4.69) is 4.98 Å². The lowest BCUT2D eigenvalue weighted by atomic mass is 10.2. The van der Waals surface area contributed by atoms with Crippen LogP contribution in [-0.4, -0.2) is 12.1 Å². The molecule has 2 aromatic carbocycles. The van der Waals surface area contributed by atoms with Crippen molar-refractivity contribution < 1.29 is 13.5 Å². The minimum Gasteiger partial charge on any atom is -0.497 e. The summed E-state index contributed by atoms with van der Waals surface area (Å²) in [5, 5.41) is 0. The minimum atomic E-state index is -0.460.